The maximum atomic E-state index is 14.0. The number of carbonyl (C=O) groups is 1. The van der Waals surface area contributed by atoms with E-state index in [0.717, 1.165) is 40.2 Å². The summed E-state index contributed by atoms with van der Waals surface area (Å²) < 4.78 is 9.29. The number of pyridine rings is 1. The Morgan fingerprint density at radius 3 is 2.66 bits per heavy atom. The van der Waals surface area contributed by atoms with Crippen LogP contribution in [0.2, 0.25) is 0 Å². The van der Waals surface area contributed by atoms with Gasteiger partial charge in [0.1, 0.15) is 17.5 Å². The van der Waals surface area contributed by atoms with Gasteiger partial charge in [-0.05, 0) is 61.2 Å². The van der Waals surface area contributed by atoms with Crippen LogP contribution in [0.15, 0.2) is 85.7 Å². The number of hydrogen-bond acceptors (Lipinski definition) is 6. The van der Waals surface area contributed by atoms with Crippen LogP contribution in [0.5, 0.6) is 5.75 Å². The highest BCUT2D eigenvalue weighted by atomic mass is 16.5. The number of methoxy groups -OCH3 is 1. The minimum Gasteiger partial charge on any atom is -0.495 e. The van der Waals surface area contributed by atoms with E-state index >= 15 is 0 Å². The van der Waals surface area contributed by atoms with Crippen LogP contribution < -0.4 is 9.64 Å². The van der Waals surface area contributed by atoms with Crippen molar-refractivity contribution in [1.29, 1.82) is 0 Å². The molecule has 5 aromatic rings. The summed E-state index contributed by atoms with van der Waals surface area (Å²) in [6, 6.07) is 17.4. The van der Waals surface area contributed by atoms with Gasteiger partial charge >= 0.3 is 0 Å². The van der Waals surface area contributed by atoms with Crippen LogP contribution in [0.25, 0.3) is 16.9 Å². The minimum atomic E-state index is -0.472. The van der Waals surface area contributed by atoms with Gasteiger partial charge in [0.15, 0.2) is 0 Å². The number of aryl methyl sites for hydroxylation is 2. The number of hydrogen-bond donors (Lipinski definition) is 0. The van der Waals surface area contributed by atoms with Crippen molar-refractivity contribution in [3.8, 4) is 22.7 Å². The molecule has 190 valence electrons. The first-order chi connectivity index (χ1) is 18.6. The van der Waals surface area contributed by atoms with Gasteiger partial charge in [-0.25, -0.2) is 9.67 Å². The summed E-state index contributed by atoms with van der Waals surface area (Å²) >= 11 is 0. The molecule has 3 aromatic heterocycles. The van der Waals surface area contributed by atoms with E-state index in [0.29, 0.717) is 24.4 Å². The molecule has 0 radical (unpaired) electrons. The van der Waals surface area contributed by atoms with E-state index in [1.807, 2.05) is 77.3 Å². The molecule has 38 heavy (non-hydrogen) atoms. The molecule has 9 nitrogen and oxygen atoms in total. The maximum Gasteiger partial charge on any atom is 0.252 e. The second-order valence-corrected chi connectivity index (χ2v) is 9.36. The highest BCUT2D eigenvalue weighted by Crippen LogP contribution is 2.34. The van der Waals surface area contributed by atoms with Crippen molar-refractivity contribution in [2.75, 3.05) is 12.0 Å². The van der Waals surface area contributed by atoms with E-state index in [2.05, 4.69) is 26.3 Å². The second kappa shape index (κ2) is 9.93. The average molecular weight is 506 g/mol. The summed E-state index contributed by atoms with van der Waals surface area (Å²) in [5.41, 5.74) is 6.43. The number of benzene rings is 2. The predicted molar refractivity (Wildman–Crippen MR) is 143 cm³/mol. The van der Waals surface area contributed by atoms with Crippen LogP contribution in [0, 0.1) is 6.92 Å². The molecule has 1 aliphatic rings. The van der Waals surface area contributed by atoms with Gasteiger partial charge in [-0.2, -0.15) is 0 Å². The molecule has 0 N–H and O–H groups in total. The number of aromatic nitrogens is 6. The van der Waals surface area contributed by atoms with E-state index in [1.165, 1.54) is 0 Å². The minimum absolute atomic E-state index is 0.00776. The van der Waals surface area contributed by atoms with E-state index in [-0.39, 0.29) is 5.91 Å². The predicted octanol–water partition coefficient (Wildman–Crippen LogP) is 4.56. The van der Waals surface area contributed by atoms with Gasteiger partial charge in [0.2, 0.25) is 0 Å². The Kier molecular flexibility index (Phi) is 6.17. The molecule has 9 heteroatoms. The van der Waals surface area contributed by atoms with Crippen molar-refractivity contribution < 1.29 is 9.53 Å². The summed E-state index contributed by atoms with van der Waals surface area (Å²) in [6.07, 6.45) is 10.4. The van der Waals surface area contributed by atoms with Crippen LogP contribution in [-0.2, 0) is 17.8 Å². The first kappa shape index (κ1) is 23.6. The lowest BCUT2D eigenvalue weighted by molar-refractivity contribution is -0.122. The average Bonchev–Trinajstić information content (AvgIpc) is 3.59. The van der Waals surface area contributed by atoms with Crippen molar-refractivity contribution in [1.82, 2.24) is 29.5 Å². The van der Waals surface area contributed by atoms with Gasteiger partial charge in [0, 0.05) is 29.8 Å². The molecule has 1 aliphatic heterocycles. The molecule has 1 unspecified atom stereocenters. The fourth-order valence-electron chi connectivity index (χ4n) is 4.94. The lowest BCUT2D eigenvalue weighted by Crippen LogP contribution is -2.36. The molecule has 4 heterocycles. The Labute approximate surface area is 220 Å². The summed E-state index contributed by atoms with van der Waals surface area (Å²) in [7, 11) is 1.64. The fraction of sp³-hybridized carbons (Fsp3) is 0.207. The zero-order chi connectivity index (χ0) is 26.1. The molecular formula is C29H27N7O2. The topological polar surface area (TPSA) is 91.0 Å². The van der Waals surface area contributed by atoms with Gasteiger partial charge in [0.05, 0.1) is 37.6 Å². The van der Waals surface area contributed by atoms with Crippen molar-refractivity contribution >= 4 is 11.6 Å². The number of ether oxygens (including phenoxy) is 1. The zero-order valence-corrected chi connectivity index (χ0v) is 21.2. The van der Waals surface area contributed by atoms with Crippen LogP contribution in [0.3, 0.4) is 0 Å². The summed E-state index contributed by atoms with van der Waals surface area (Å²) in [5, 5.41) is 8.83. The molecule has 0 aliphatic carbocycles. The zero-order valence-electron chi connectivity index (χ0n) is 21.2. The lowest BCUT2D eigenvalue weighted by Gasteiger charge is -2.26. The molecular weight excluding hydrogens is 478 g/mol. The van der Waals surface area contributed by atoms with Gasteiger partial charge in [0.25, 0.3) is 5.91 Å². The first-order valence-corrected chi connectivity index (χ1v) is 12.5. The third kappa shape index (κ3) is 4.43. The Morgan fingerprint density at radius 1 is 1.03 bits per heavy atom. The number of carbonyl (C=O) groups excluding carboxylic acids is 1. The molecule has 6 rings (SSSR count). The van der Waals surface area contributed by atoms with Crippen molar-refractivity contribution in [3.63, 3.8) is 0 Å². The van der Waals surface area contributed by atoms with Crippen LogP contribution >= 0.6 is 0 Å². The second-order valence-electron chi connectivity index (χ2n) is 9.36. The largest absolute Gasteiger partial charge is 0.495 e. The lowest BCUT2D eigenvalue weighted by atomic mass is 10.1. The molecule has 0 bridgehead atoms. The molecule has 0 saturated carbocycles. The number of fused-ring (bicyclic) bond motifs is 1. The summed E-state index contributed by atoms with van der Waals surface area (Å²) in [6.45, 7) is 2.41. The standard InChI is InChI=1S/C29H27N7O2/c1-20-16-34(19-31-20)26-9-8-23(15-28(26)38-2)24-18-36(33-32-24)27-10-7-22-5-3-4-6-25(22)35(29(27)37)17-21-11-13-30-14-12-21/h3-6,8-9,11-16,18-19,27H,7,10,17H2,1-2H3. The number of amides is 1. The third-order valence-corrected chi connectivity index (χ3v) is 6.91. The summed E-state index contributed by atoms with van der Waals surface area (Å²) in [4.78, 5) is 24.2. The quantitative estimate of drug-likeness (QED) is 0.336. The number of imidazole rings is 1. The Balaban J connectivity index is 1.31. The molecule has 2 aromatic carbocycles. The SMILES string of the molecule is COc1cc(-c2cn(C3CCc4ccccc4N(Cc4ccncc4)C3=O)nn2)ccc1-n1cnc(C)c1. The highest BCUT2D eigenvalue weighted by Gasteiger charge is 2.32. The Hall–Kier alpha value is -4.79. The van der Waals surface area contributed by atoms with E-state index < -0.39 is 6.04 Å². The van der Waals surface area contributed by atoms with Gasteiger partial charge in [-0.3, -0.25) is 9.78 Å². The number of anilines is 1. The van der Waals surface area contributed by atoms with Crippen LogP contribution in [0.1, 0.15) is 29.3 Å². The normalized spacial score (nSPS) is 15.3. The van der Waals surface area contributed by atoms with Gasteiger partial charge < -0.3 is 14.2 Å². The number of para-hydroxylation sites is 1. The number of nitrogens with zero attached hydrogens (tertiary/aromatic N) is 7. The van der Waals surface area contributed by atoms with Crippen molar-refractivity contribution in [2.45, 2.75) is 32.4 Å². The van der Waals surface area contributed by atoms with Crippen molar-refractivity contribution in [3.05, 3.63) is 103 Å². The fourth-order valence-corrected chi connectivity index (χ4v) is 4.94. The smallest absolute Gasteiger partial charge is 0.252 e. The van der Waals surface area contributed by atoms with Crippen LogP contribution in [-0.4, -0.2) is 42.5 Å². The van der Waals surface area contributed by atoms with E-state index in [9.17, 15) is 4.79 Å². The molecule has 1 amide bonds. The highest BCUT2D eigenvalue weighted by molar-refractivity contribution is 5.97. The Bertz CT molecular complexity index is 1590. The molecule has 1 atom stereocenters. The maximum absolute atomic E-state index is 14.0. The summed E-state index contributed by atoms with van der Waals surface area (Å²) in [5.74, 6) is 0.686. The van der Waals surface area contributed by atoms with Crippen LogP contribution in [0.4, 0.5) is 5.69 Å². The van der Waals surface area contributed by atoms with E-state index in [4.69, 9.17) is 4.74 Å². The van der Waals surface area contributed by atoms with Crippen molar-refractivity contribution in [2.24, 2.45) is 0 Å². The number of rotatable bonds is 6. The molecule has 0 saturated heterocycles. The molecule has 0 spiro atoms. The van der Waals surface area contributed by atoms with Gasteiger partial charge in [-0.15, -0.1) is 5.10 Å². The van der Waals surface area contributed by atoms with E-state index in [1.54, 1.807) is 30.5 Å². The Morgan fingerprint density at radius 2 is 1.87 bits per heavy atom. The first-order valence-electron chi connectivity index (χ1n) is 12.5. The molecule has 0 fully saturated rings. The monoisotopic (exact) mass is 505 g/mol. The van der Waals surface area contributed by atoms with Gasteiger partial charge in [-0.1, -0.05) is 29.5 Å². The third-order valence-electron chi connectivity index (χ3n) is 6.91.